The van der Waals surface area contributed by atoms with Crippen LogP contribution in [0.3, 0.4) is 0 Å². The number of aryl methyl sites for hydroxylation is 1. The van der Waals surface area contributed by atoms with E-state index in [1.165, 1.54) is 12.1 Å². The number of nitrogens with one attached hydrogen (secondary N) is 1. The van der Waals surface area contributed by atoms with Gasteiger partial charge in [0.05, 0.1) is 11.6 Å². The van der Waals surface area contributed by atoms with Gasteiger partial charge < -0.3 is 14.6 Å². The van der Waals surface area contributed by atoms with E-state index in [4.69, 9.17) is 4.42 Å². The maximum atomic E-state index is 12.6. The van der Waals surface area contributed by atoms with Crippen molar-refractivity contribution >= 4 is 23.0 Å². The third-order valence-electron chi connectivity index (χ3n) is 5.36. The first kappa shape index (κ1) is 20.3. The summed E-state index contributed by atoms with van der Waals surface area (Å²) in [6, 6.07) is 13.2. The Bertz CT molecular complexity index is 981. The number of amides is 1. The average Bonchev–Trinajstić information content (AvgIpc) is 3.36. The number of hydrogen-bond acceptors (Lipinski definition) is 4. The van der Waals surface area contributed by atoms with Crippen molar-refractivity contribution in [2.24, 2.45) is 0 Å². The molecule has 1 fully saturated rings. The van der Waals surface area contributed by atoms with Gasteiger partial charge in [-0.3, -0.25) is 4.79 Å². The van der Waals surface area contributed by atoms with Gasteiger partial charge in [0.15, 0.2) is 5.58 Å². The number of para-hydroxylation sites is 2. The summed E-state index contributed by atoms with van der Waals surface area (Å²) in [6.45, 7) is 1.30. The third-order valence-corrected chi connectivity index (χ3v) is 5.36. The van der Waals surface area contributed by atoms with Gasteiger partial charge in [0, 0.05) is 19.5 Å². The lowest BCUT2D eigenvalue weighted by Crippen LogP contribution is -2.40. The molecule has 1 aliphatic heterocycles. The Balaban J connectivity index is 1.29. The molecule has 1 aliphatic rings. The SMILES string of the molecule is O=C(CCc1ccc(C(F)(F)F)cc1)NC[C@H]1CCCN1c1nc2ccccc2o1. The summed E-state index contributed by atoms with van der Waals surface area (Å²) < 4.78 is 43.7. The van der Waals surface area contributed by atoms with Crippen molar-refractivity contribution < 1.29 is 22.4 Å². The number of oxazole rings is 1. The molecular formula is C22H22F3N3O2. The Morgan fingerprint density at radius 3 is 2.67 bits per heavy atom. The van der Waals surface area contributed by atoms with Gasteiger partial charge in [-0.25, -0.2) is 0 Å². The molecule has 1 saturated heterocycles. The third kappa shape index (κ3) is 4.58. The number of fused-ring (bicyclic) bond motifs is 1. The predicted molar refractivity (Wildman–Crippen MR) is 107 cm³/mol. The number of aromatic nitrogens is 1. The van der Waals surface area contributed by atoms with Crippen LogP contribution < -0.4 is 10.2 Å². The standard InChI is InChI=1S/C22H22F3N3O2/c23-22(24,25)16-10-7-15(8-11-16)9-12-20(29)26-14-17-4-3-13-28(17)21-27-18-5-1-2-6-19(18)30-21/h1-2,5-8,10-11,17H,3-4,9,12-14H2,(H,26,29)/t17-/m1/s1. The number of carbonyl (C=O) groups excluding carboxylic acids is 1. The molecule has 158 valence electrons. The molecule has 1 aromatic heterocycles. The van der Waals surface area contributed by atoms with Crippen LogP contribution in [-0.4, -0.2) is 30.0 Å². The minimum atomic E-state index is -4.35. The molecule has 0 unspecified atom stereocenters. The number of carbonyl (C=O) groups is 1. The van der Waals surface area contributed by atoms with Crippen LogP contribution in [0.25, 0.3) is 11.1 Å². The van der Waals surface area contributed by atoms with Crippen molar-refractivity contribution in [3.63, 3.8) is 0 Å². The summed E-state index contributed by atoms with van der Waals surface area (Å²) >= 11 is 0. The first-order chi connectivity index (χ1) is 14.4. The summed E-state index contributed by atoms with van der Waals surface area (Å²) in [5.74, 6) is -0.126. The van der Waals surface area contributed by atoms with E-state index >= 15 is 0 Å². The molecule has 30 heavy (non-hydrogen) atoms. The molecule has 0 spiro atoms. The molecule has 0 radical (unpaired) electrons. The highest BCUT2D eigenvalue weighted by Crippen LogP contribution is 2.29. The van der Waals surface area contributed by atoms with E-state index < -0.39 is 11.7 Å². The first-order valence-electron chi connectivity index (χ1n) is 9.95. The molecule has 2 aromatic carbocycles. The molecule has 2 heterocycles. The molecule has 0 bridgehead atoms. The molecule has 1 N–H and O–H groups in total. The number of halogens is 3. The van der Waals surface area contributed by atoms with Gasteiger partial charge in [0.25, 0.3) is 6.01 Å². The first-order valence-corrected chi connectivity index (χ1v) is 9.95. The van der Waals surface area contributed by atoms with Gasteiger partial charge in [-0.2, -0.15) is 18.2 Å². The number of anilines is 1. The highest BCUT2D eigenvalue weighted by molar-refractivity contribution is 5.76. The molecule has 5 nitrogen and oxygen atoms in total. The molecule has 0 aliphatic carbocycles. The number of alkyl halides is 3. The van der Waals surface area contributed by atoms with Crippen molar-refractivity contribution in [3.05, 3.63) is 59.7 Å². The molecular weight excluding hydrogens is 395 g/mol. The summed E-state index contributed by atoms with van der Waals surface area (Å²) in [5, 5.41) is 2.93. The molecule has 1 amide bonds. The van der Waals surface area contributed by atoms with E-state index in [0.29, 0.717) is 24.5 Å². The molecule has 4 rings (SSSR count). The Morgan fingerprint density at radius 2 is 1.93 bits per heavy atom. The second-order valence-corrected chi connectivity index (χ2v) is 7.45. The van der Waals surface area contributed by atoms with E-state index in [1.54, 1.807) is 0 Å². The zero-order valence-corrected chi connectivity index (χ0v) is 16.3. The van der Waals surface area contributed by atoms with Gasteiger partial charge in [-0.15, -0.1) is 0 Å². The lowest BCUT2D eigenvalue weighted by atomic mass is 10.1. The fourth-order valence-corrected chi connectivity index (χ4v) is 3.72. The lowest BCUT2D eigenvalue weighted by molar-refractivity contribution is -0.137. The second-order valence-electron chi connectivity index (χ2n) is 7.45. The predicted octanol–water partition coefficient (Wildman–Crippen LogP) is 4.56. The molecule has 3 aromatic rings. The maximum absolute atomic E-state index is 12.6. The van der Waals surface area contributed by atoms with E-state index in [1.807, 2.05) is 24.3 Å². The highest BCUT2D eigenvalue weighted by Gasteiger charge is 2.30. The zero-order valence-electron chi connectivity index (χ0n) is 16.3. The van der Waals surface area contributed by atoms with E-state index in [2.05, 4.69) is 15.2 Å². The monoisotopic (exact) mass is 417 g/mol. The van der Waals surface area contributed by atoms with Crippen LogP contribution in [0.15, 0.2) is 52.9 Å². The van der Waals surface area contributed by atoms with Gasteiger partial charge in [0.2, 0.25) is 5.91 Å². The smallest absolute Gasteiger partial charge is 0.416 e. The van der Waals surface area contributed by atoms with Crippen LogP contribution in [0, 0.1) is 0 Å². The fourth-order valence-electron chi connectivity index (χ4n) is 3.72. The average molecular weight is 417 g/mol. The van der Waals surface area contributed by atoms with Crippen LogP contribution in [-0.2, 0) is 17.4 Å². The van der Waals surface area contributed by atoms with Crippen LogP contribution in [0.4, 0.5) is 19.2 Å². The molecule has 0 saturated carbocycles. The van der Waals surface area contributed by atoms with Crippen LogP contribution in [0.1, 0.15) is 30.4 Å². The normalized spacial score (nSPS) is 16.9. The van der Waals surface area contributed by atoms with Gasteiger partial charge in [0.1, 0.15) is 5.52 Å². The maximum Gasteiger partial charge on any atom is 0.416 e. The van der Waals surface area contributed by atoms with Crippen LogP contribution in [0.2, 0.25) is 0 Å². The molecule has 1 atom stereocenters. The largest absolute Gasteiger partial charge is 0.423 e. The summed E-state index contributed by atoms with van der Waals surface area (Å²) in [7, 11) is 0. The van der Waals surface area contributed by atoms with Crippen LogP contribution >= 0.6 is 0 Å². The van der Waals surface area contributed by atoms with E-state index in [-0.39, 0.29) is 18.4 Å². The van der Waals surface area contributed by atoms with Crippen molar-refractivity contribution in [1.82, 2.24) is 10.3 Å². The van der Waals surface area contributed by atoms with Gasteiger partial charge in [-0.05, 0) is 49.1 Å². The second kappa shape index (κ2) is 8.38. The minimum absolute atomic E-state index is 0.105. The highest BCUT2D eigenvalue weighted by atomic mass is 19.4. The number of hydrogen-bond donors (Lipinski definition) is 1. The minimum Gasteiger partial charge on any atom is -0.423 e. The summed E-state index contributed by atoms with van der Waals surface area (Å²) in [6.07, 6.45) is -1.81. The van der Waals surface area contributed by atoms with Crippen LogP contribution in [0.5, 0.6) is 0 Å². The zero-order chi connectivity index (χ0) is 21.1. The number of rotatable bonds is 6. The number of nitrogens with zero attached hydrogens (tertiary/aromatic N) is 2. The van der Waals surface area contributed by atoms with Gasteiger partial charge in [-0.1, -0.05) is 24.3 Å². The van der Waals surface area contributed by atoms with Crippen molar-refractivity contribution in [2.75, 3.05) is 18.0 Å². The fraction of sp³-hybridized carbons (Fsp3) is 0.364. The number of benzene rings is 2. The Kier molecular flexibility index (Phi) is 5.65. The Hall–Kier alpha value is -3.03. The van der Waals surface area contributed by atoms with E-state index in [9.17, 15) is 18.0 Å². The van der Waals surface area contributed by atoms with Crippen molar-refractivity contribution in [3.8, 4) is 0 Å². The Labute approximate surface area is 171 Å². The molecule has 8 heteroatoms. The van der Waals surface area contributed by atoms with Crippen molar-refractivity contribution in [2.45, 2.75) is 37.9 Å². The summed E-state index contributed by atoms with van der Waals surface area (Å²) in [5.41, 5.74) is 1.56. The van der Waals surface area contributed by atoms with E-state index in [0.717, 1.165) is 42.6 Å². The summed E-state index contributed by atoms with van der Waals surface area (Å²) in [4.78, 5) is 18.9. The topological polar surface area (TPSA) is 58.4 Å². The van der Waals surface area contributed by atoms with Crippen molar-refractivity contribution in [1.29, 1.82) is 0 Å². The lowest BCUT2D eigenvalue weighted by Gasteiger charge is -2.23. The van der Waals surface area contributed by atoms with Gasteiger partial charge >= 0.3 is 6.18 Å². The Morgan fingerprint density at radius 1 is 1.17 bits per heavy atom. The quantitative estimate of drug-likeness (QED) is 0.639.